The molecule has 4 aromatic rings. The maximum Gasteiger partial charge on any atom is 0.271 e. The van der Waals surface area contributed by atoms with Crippen LogP contribution < -0.4 is 14.4 Å². The lowest BCUT2D eigenvalue weighted by atomic mass is 10.2. The first kappa shape index (κ1) is 19.8. The zero-order valence-electron chi connectivity index (χ0n) is 16.2. The van der Waals surface area contributed by atoms with Crippen LogP contribution in [0.25, 0.3) is 10.2 Å². The second-order valence-electron chi connectivity index (χ2n) is 6.34. The summed E-state index contributed by atoms with van der Waals surface area (Å²) in [5.41, 5.74) is 1.43. The molecule has 0 aliphatic heterocycles. The van der Waals surface area contributed by atoms with E-state index in [4.69, 9.17) is 9.47 Å². The van der Waals surface area contributed by atoms with E-state index < -0.39 is 5.82 Å². The summed E-state index contributed by atoms with van der Waals surface area (Å²) in [4.78, 5) is 19.2. The summed E-state index contributed by atoms with van der Waals surface area (Å²) < 4.78 is 25.8. The number of aromatic nitrogens is 1. The summed E-state index contributed by atoms with van der Waals surface area (Å²) in [6, 6.07) is 20.8. The number of carbonyl (C=O) groups excluding carboxylic acids is 1. The Morgan fingerprint density at radius 2 is 1.73 bits per heavy atom. The van der Waals surface area contributed by atoms with Gasteiger partial charge in [-0.25, -0.2) is 9.37 Å². The Bertz CT molecular complexity index is 1130. The molecule has 7 heteroatoms. The van der Waals surface area contributed by atoms with Crippen molar-refractivity contribution in [3.63, 3.8) is 0 Å². The first-order valence-corrected chi connectivity index (χ1v) is 10.3. The Morgan fingerprint density at radius 3 is 2.47 bits per heavy atom. The molecule has 30 heavy (non-hydrogen) atoms. The number of amides is 1. The zero-order valence-corrected chi connectivity index (χ0v) is 17.1. The van der Waals surface area contributed by atoms with Crippen molar-refractivity contribution in [2.45, 2.75) is 6.92 Å². The van der Waals surface area contributed by atoms with Crippen molar-refractivity contribution in [1.29, 1.82) is 0 Å². The van der Waals surface area contributed by atoms with E-state index in [2.05, 4.69) is 4.98 Å². The predicted molar refractivity (Wildman–Crippen MR) is 116 cm³/mol. The highest BCUT2D eigenvalue weighted by molar-refractivity contribution is 7.22. The number of hydrogen-bond acceptors (Lipinski definition) is 5. The van der Waals surface area contributed by atoms with Crippen molar-refractivity contribution in [3.05, 3.63) is 78.6 Å². The van der Waals surface area contributed by atoms with Gasteiger partial charge in [0.2, 0.25) is 0 Å². The highest BCUT2D eigenvalue weighted by Gasteiger charge is 2.23. The molecule has 152 valence electrons. The minimum absolute atomic E-state index is 0.0294. The molecule has 1 aromatic heterocycles. The quantitative estimate of drug-likeness (QED) is 0.390. The van der Waals surface area contributed by atoms with Crippen molar-refractivity contribution in [1.82, 2.24) is 4.98 Å². The minimum Gasteiger partial charge on any atom is -0.494 e. The van der Waals surface area contributed by atoms with Crippen molar-refractivity contribution in [2.75, 3.05) is 18.1 Å². The average Bonchev–Trinajstić information content (AvgIpc) is 3.18. The van der Waals surface area contributed by atoms with Gasteiger partial charge in [0, 0.05) is 0 Å². The van der Waals surface area contributed by atoms with E-state index in [1.54, 1.807) is 36.4 Å². The van der Waals surface area contributed by atoms with E-state index in [0.717, 1.165) is 10.2 Å². The minimum atomic E-state index is -0.516. The van der Waals surface area contributed by atoms with E-state index in [9.17, 15) is 9.18 Å². The molecule has 3 aromatic carbocycles. The molecule has 0 saturated heterocycles. The molecule has 1 heterocycles. The molecule has 0 fully saturated rings. The molecule has 0 N–H and O–H groups in total. The van der Waals surface area contributed by atoms with E-state index in [0.29, 0.717) is 23.2 Å². The van der Waals surface area contributed by atoms with Gasteiger partial charge in [0.05, 0.1) is 22.5 Å². The maximum absolute atomic E-state index is 13.9. The van der Waals surface area contributed by atoms with Crippen LogP contribution in [0.1, 0.15) is 6.92 Å². The van der Waals surface area contributed by atoms with Crippen LogP contribution in [0, 0.1) is 5.82 Å². The predicted octanol–water partition coefficient (Wildman–Crippen LogP) is 5.58. The SMILES string of the molecule is CCOc1ccc(N(C(=O)COc2ccccc2F)c2nc3ccccc3s2)cc1. The van der Waals surface area contributed by atoms with Crippen LogP contribution in [0.15, 0.2) is 72.8 Å². The molecule has 0 bridgehead atoms. The van der Waals surface area contributed by atoms with Gasteiger partial charge in [0.25, 0.3) is 5.91 Å². The number of halogens is 1. The maximum atomic E-state index is 13.9. The number of rotatable bonds is 7. The van der Waals surface area contributed by atoms with Crippen molar-refractivity contribution in [3.8, 4) is 11.5 Å². The Balaban J connectivity index is 1.65. The van der Waals surface area contributed by atoms with Gasteiger partial charge in [-0.15, -0.1) is 0 Å². The molecule has 0 spiro atoms. The Kier molecular flexibility index (Phi) is 5.90. The van der Waals surface area contributed by atoms with Gasteiger partial charge in [-0.05, 0) is 55.5 Å². The summed E-state index contributed by atoms with van der Waals surface area (Å²) in [7, 11) is 0. The molecule has 0 unspecified atom stereocenters. The molecule has 0 aliphatic rings. The second kappa shape index (κ2) is 8.92. The molecular weight excluding hydrogens is 403 g/mol. The molecule has 0 saturated carbocycles. The van der Waals surface area contributed by atoms with Crippen molar-refractivity contribution in [2.24, 2.45) is 0 Å². The largest absolute Gasteiger partial charge is 0.494 e. The fraction of sp³-hybridized carbons (Fsp3) is 0.130. The standard InChI is InChI=1S/C23H19FN2O3S/c1-2-28-17-13-11-16(12-14-17)26(23-25-19-8-4-6-10-21(19)30-23)22(27)15-29-20-9-5-3-7-18(20)24/h3-14H,2,15H2,1H3. The van der Waals surface area contributed by atoms with E-state index in [1.165, 1.54) is 28.4 Å². The number of ether oxygens (including phenoxy) is 2. The summed E-state index contributed by atoms with van der Waals surface area (Å²) in [5.74, 6) is -0.137. The zero-order chi connectivity index (χ0) is 20.9. The molecule has 0 atom stereocenters. The summed E-state index contributed by atoms with van der Waals surface area (Å²) in [6.07, 6.45) is 0. The summed E-state index contributed by atoms with van der Waals surface area (Å²) in [6.45, 7) is 2.13. The molecule has 4 rings (SSSR count). The molecule has 1 amide bonds. The van der Waals surface area contributed by atoms with Gasteiger partial charge in [-0.1, -0.05) is 35.6 Å². The third kappa shape index (κ3) is 4.26. The molecule has 5 nitrogen and oxygen atoms in total. The van der Waals surface area contributed by atoms with Gasteiger partial charge in [-0.2, -0.15) is 0 Å². The number of benzene rings is 3. The summed E-state index contributed by atoms with van der Waals surface area (Å²) >= 11 is 1.40. The fourth-order valence-corrected chi connectivity index (χ4v) is 3.94. The van der Waals surface area contributed by atoms with Crippen LogP contribution in [0.5, 0.6) is 11.5 Å². The normalized spacial score (nSPS) is 10.7. The highest BCUT2D eigenvalue weighted by Crippen LogP contribution is 2.34. The Hall–Kier alpha value is -3.45. The molecule has 0 aliphatic carbocycles. The van der Waals surface area contributed by atoms with Crippen LogP contribution in [0.4, 0.5) is 15.2 Å². The number of fused-ring (bicyclic) bond motifs is 1. The van der Waals surface area contributed by atoms with E-state index in [-0.39, 0.29) is 18.3 Å². The highest BCUT2D eigenvalue weighted by atomic mass is 32.1. The van der Waals surface area contributed by atoms with Crippen LogP contribution in [0.3, 0.4) is 0 Å². The first-order valence-electron chi connectivity index (χ1n) is 9.44. The van der Waals surface area contributed by atoms with E-state index in [1.807, 2.05) is 31.2 Å². The lowest BCUT2D eigenvalue weighted by Gasteiger charge is -2.20. The van der Waals surface area contributed by atoms with Gasteiger partial charge < -0.3 is 9.47 Å². The van der Waals surface area contributed by atoms with E-state index >= 15 is 0 Å². The van der Waals surface area contributed by atoms with Crippen molar-refractivity contribution >= 4 is 38.3 Å². The van der Waals surface area contributed by atoms with Crippen LogP contribution >= 0.6 is 11.3 Å². The number of anilines is 2. The van der Waals surface area contributed by atoms with Gasteiger partial charge in [0.1, 0.15) is 5.75 Å². The summed E-state index contributed by atoms with van der Waals surface area (Å²) in [5, 5.41) is 0.516. The Morgan fingerprint density at radius 1 is 1.00 bits per heavy atom. The average molecular weight is 422 g/mol. The number of carbonyl (C=O) groups is 1. The lowest BCUT2D eigenvalue weighted by molar-refractivity contribution is -0.119. The molecule has 0 radical (unpaired) electrons. The van der Waals surface area contributed by atoms with Crippen LogP contribution in [0.2, 0.25) is 0 Å². The second-order valence-corrected chi connectivity index (χ2v) is 7.35. The van der Waals surface area contributed by atoms with Gasteiger partial charge in [-0.3, -0.25) is 9.69 Å². The number of para-hydroxylation sites is 2. The van der Waals surface area contributed by atoms with Gasteiger partial charge in [0.15, 0.2) is 23.3 Å². The van der Waals surface area contributed by atoms with Crippen LogP contribution in [-0.4, -0.2) is 24.1 Å². The fourth-order valence-electron chi connectivity index (χ4n) is 2.94. The first-order chi connectivity index (χ1) is 14.7. The lowest BCUT2D eigenvalue weighted by Crippen LogP contribution is -2.31. The van der Waals surface area contributed by atoms with Crippen LogP contribution in [-0.2, 0) is 4.79 Å². The Labute approximate surface area is 177 Å². The number of thiazole rings is 1. The third-order valence-corrected chi connectivity index (χ3v) is 5.34. The monoisotopic (exact) mass is 422 g/mol. The van der Waals surface area contributed by atoms with Gasteiger partial charge >= 0.3 is 0 Å². The van der Waals surface area contributed by atoms with Crippen molar-refractivity contribution < 1.29 is 18.7 Å². The number of nitrogens with zero attached hydrogens (tertiary/aromatic N) is 2. The number of hydrogen-bond donors (Lipinski definition) is 0. The molecular formula is C23H19FN2O3S. The topological polar surface area (TPSA) is 51.7 Å². The third-order valence-electron chi connectivity index (χ3n) is 4.32. The smallest absolute Gasteiger partial charge is 0.271 e.